The van der Waals surface area contributed by atoms with E-state index in [1.54, 1.807) is 0 Å². The number of halogens is 1. The number of aromatic nitrogens is 1. The van der Waals surface area contributed by atoms with Gasteiger partial charge in [0, 0.05) is 23.6 Å². The molecular formula is C34H41IN2S2. The summed E-state index contributed by atoms with van der Waals surface area (Å²) in [6.07, 6.45) is 11.8. The van der Waals surface area contributed by atoms with Crippen molar-refractivity contribution in [3.05, 3.63) is 91.5 Å². The van der Waals surface area contributed by atoms with Crippen LogP contribution in [0.15, 0.2) is 69.1 Å². The van der Waals surface area contributed by atoms with Crippen molar-refractivity contribution < 1.29 is 28.5 Å². The Bertz CT molecular complexity index is 1540. The van der Waals surface area contributed by atoms with Gasteiger partial charge in [-0.25, -0.2) is 0 Å². The average molecular weight is 669 g/mol. The molecule has 1 aliphatic heterocycles. The molecule has 1 unspecified atom stereocenters. The van der Waals surface area contributed by atoms with Crippen molar-refractivity contribution in [2.24, 2.45) is 5.92 Å². The number of anilines is 1. The zero-order chi connectivity index (χ0) is 27.1. The monoisotopic (exact) mass is 668 g/mol. The van der Waals surface area contributed by atoms with Gasteiger partial charge in [0.1, 0.15) is 11.2 Å². The van der Waals surface area contributed by atoms with Crippen LogP contribution in [0.3, 0.4) is 0 Å². The molecule has 3 aromatic rings. The second kappa shape index (κ2) is 12.4. The van der Waals surface area contributed by atoms with Gasteiger partial charge >= 0.3 is 0 Å². The van der Waals surface area contributed by atoms with Crippen LogP contribution in [0.25, 0.3) is 16.3 Å². The molecule has 1 aromatic heterocycles. The number of nitrogens with zero attached hydrogens (tertiary/aromatic N) is 2. The minimum Gasteiger partial charge on any atom is -1.00 e. The molecule has 0 fully saturated rings. The fourth-order valence-corrected chi connectivity index (χ4v) is 8.09. The Morgan fingerprint density at radius 3 is 2.31 bits per heavy atom. The summed E-state index contributed by atoms with van der Waals surface area (Å²) >= 11 is 3.82. The van der Waals surface area contributed by atoms with Gasteiger partial charge < -0.3 is 28.9 Å². The minimum absolute atomic E-state index is 0. The molecule has 2 heterocycles. The fourth-order valence-electron chi connectivity index (χ4n) is 5.67. The minimum atomic E-state index is 0. The smallest absolute Gasteiger partial charge is 0.262 e. The van der Waals surface area contributed by atoms with E-state index in [2.05, 4.69) is 113 Å². The summed E-state index contributed by atoms with van der Waals surface area (Å²) in [5, 5.41) is 2.67. The second-order valence-corrected chi connectivity index (χ2v) is 13.2. The molecule has 2 aliphatic rings. The molecule has 1 aliphatic carbocycles. The van der Waals surface area contributed by atoms with Crippen molar-refractivity contribution in [2.75, 3.05) is 11.4 Å². The van der Waals surface area contributed by atoms with Crippen LogP contribution in [0.5, 0.6) is 0 Å². The number of thioether (sulfide) groups is 1. The number of aryl methyl sites for hydroxylation is 5. The largest absolute Gasteiger partial charge is 1.00 e. The van der Waals surface area contributed by atoms with Crippen molar-refractivity contribution in [2.45, 2.75) is 79.7 Å². The lowest BCUT2D eigenvalue weighted by atomic mass is 9.81. The Morgan fingerprint density at radius 1 is 0.897 bits per heavy atom. The Hall–Kier alpha value is -1.83. The zero-order valence-corrected chi connectivity index (χ0v) is 28.4. The first-order valence-electron chi connectivity index (χ1n) is 14.0. The highest BCUT2D eigenvalue weighted by Crippen LogP contribution is 2.47. The first kappa shape index (κ1) is 30.1. The number of hydrogen-bond acceptors (Lipinski definition) is 3. The van der Waals surface area contributed by atoms with Crippen LogP contribution in [0.2, 0.25) is 0 Å². The number of rotatable bonds is 5. The molecule has 0 N–H and O–H groups in total. The maximum Gasteiger partial charge on any atom is 0.262 e. The van der Waals surface area contributed by atoms with E-state index >= 15 is 0 Å². The van der Waals surface area contributed by atoms with E-state index in [1.807, 2.05) is 23.1 Å². The van der Waals surface area contributed by atoms with Crippen LogP contribution in [0, 0.1) is 33.6 Å². The van der Waals surface area contributed by atoms with E-state index in [0.29, 0.717) is 5.92 Å². The lowest BCUT2D eigenvalue weighted by Crippen LogP contribution is -3.00. The fraction of sp³-hybridized carbons (Fsp3) is 0.382. The number of fused-ring (bicyclic) bond motifs is 2. The summed E-state index contributed by atoms with van der Waals surface area (Å²) in [7, 11) is 0. The Morgan fingerprint density at radius 2 is 1.59 bits per heavy atom. The molecular weight excluding hydrogens is 627 g/mol. The van der Waals surface area contributed by atoms with E-state index in [1.165, 1.54) is 69.8 Å². The van der Waals surface area contributed by atoms with Crippen molar-refractivity contribution in [3.63, 3.8) is 0 Å². The number of hydrogen-bond donors (Lipinski definition) is 0. The molecule has 0 saturated carbocycles. The summed E-state index contributed by atoms with van der Waals surface area (Å²) in [4.78, 5) is 3.84. The van der Waals surface area contributed by atoms with Gasteiger partial charge in [-0.3, -0.25) is 0 Å². The molecule has 0 radical (unpaired) electrons. The Kier molecular flexibility index (Phi) is 9.55. The standard InChI is InChI=1S/C34H41N2S2.HI/c1-9-35-29-17-22(4)24(6)19-31(29)37-33(35)13-11-27-15-21(3)16-28(26(27)8)12-14-34-36(10-2)30-18-23(5)25(7)20-32(30)38-34;/h11-14,17-21H,9-10,15-16H2,1-8H3;1H/q+1;/p-1. The summed E-state index contributed by atoms with van der Waals surface area (Å²) in [5.74, 6) is 0.648. The number of allylic oxidation sites excluding steroid dienone is 6. The van der Waals surface area contributed by atoms with Crippen LogP contribution < -0.4 is 33.4 Å². The van der Waals surface area contributed by atoms with Gasteiger partial charge in [-0.1, -0.05) is 42.2 Å². The van der Waals surface area contributed by atoms with E-state index in [-0.39, 0.29) is 24.0 Å². The molecule has 5 rings (SSSR count). The summed E-state index contributed by atoms with van der Waals surface area (Å²) < 4.78 is 3.84. The van der Waals surface area contributed by atoms with Crippen molar-refractivity contribution >= 4 is 45.1 Å². The third kappa shape index (κ3) is 5.96. The highest BCUT2D eigenvalue weighted by Gasteiger charge is 2.25. The van der Waals surface area contributed by atoms with Gasteiger partial charge in [-0.05, 0) is 130 Å². The highest BCUT2D eigenvalue weighted by atomic mass is 127. The zero-order valence-electron chi connectivity index (χ0n) is 24.6. The molecule has 0 bridgehead atoms. The van der Waals surface area contributed by atoms with E-state index in [9.17, 15) is 0 Å². The van der Waals surface area contributed by atoms with Gasteiger partial charge in [-0.15, -0.1) is 0 Å². The summed E-state index contributed by atoms with van der Waals surface area (Å²) in [6, 6.07) is 9.40. The average Bonchev–Trinajstić information content (AvgIpc) is 3.39. The SMILES string of the molecule is CCN1/C(=C\C=C2/CC(C)CC(/C=C/c3sc4cc(C)c(C)cc4[n+]3CC)=C2C)Sc2cc(C)c(C)cc21.[I-]. The van der Waals surface area contributed by atoms with Gasteiger partial charge in [0.15, 0.2) is 0 Å². The third-order valence-corrected chi connectivity index (χ3v) is 10.5. The highest BCUT2D eigenvalue weighted by molar-refractivity contribution is 8.03. The second-order valence-electron chi connectivity index (χ2n) is 11.0. The molecule has 0 spiro atoms. The quantitative estimate of drug-likeness (QED) is 0.224. The molecule has 39 heavy (non-hydrogen) atoms. The maximum absolute atomic E-state index is 2.46. The van der Waals surface area contributed by atoms with Gasteiger partial charge in [-0.2, -0.15) is 4.57 Å². The molecule has 5 heteroatoms. The topological polar surface area (TPSA) is 7.12 Å². The van der Waals surface area contributed by atoms with Crippen molar-refractivity contribution in [1.29, 1.82) is 0 Å². The van der Waals surface area contributed by atoms with E-state index < -0.39 is 0 Å². The van der Waals surface area contributed by atoms with Crippen molar-refractivity contribution in [1.82, 2.24) is 0 Å². The van der Waals surface area contributed by atoms with Gasteiger partial charge in [0.2, 0.25) is 5.52 Å². The molecule has 206 valence electrons. The molecule has 0 amide bonds. The Labute approximate surface area is 260 Å². The summed E-state index contributed by atoms with van der Waals surface area (Å²) in [5.41, 5.74) is 12.6. The Balaban J connectivity index is 0.00000353. The van der Waals surface area contributed by atoms with E-state index in [4.69, 9.17) is 0 Å². The van der Waals surface area contributed by atoms with Crippen LogP contribution in [0.4, 0.5) is 5.69 Å². The lowest BCUT2D eigenvalue weighted by molar-refractivity contribution is -0.665. The molecule has 0 saturated heterocycles. The predicted octanol–water partition coefficient (Wildman–Crippen LogP) is 6.61. The number of thiazole rings is 1. The lowest BCUT2D eigenvalue weighted by Gasteiger charge is -2.24. The normalized spacial score (nSPS) is 19.6. The first-order valence-corrected chi connectivity index (χ1v) is 15.6. The van der Waals surface area contributed by atoms with Crippen molar-refractivity contribution in [3.8, 4) is 0 Å². The summed E-state index contributed by atoms with van der Waals surface area (Å²) in [6.45, 7) is 20.1. The predicted molar refractivity (Wildman–Crippen MR) is 168 cm³/mol. The maximum atomic E-state index is 2.46. The third-order valence-electron chi connectivity index (χ3n) is 8.28. The molecule has 2 nitrogen and oxygen atoms in total. The molecule has 1 atom stereocenters. The van der Waals surface area contributed by atoms with Crippen LogP contribution in [0.1, 0.15) is 67.8 Å². The van der Waals surface area contributed by atoms with E-state index in [0.717, 1.165) is 25.9 Å². The first-order chi connectivity index (χ1) is 18.2. The van der Waals surface area contributed by atoms with Crippen LogP contribution in [-0.2, 0) is 6.54 Å². The van der Waals surface area contributed by atoms with Gasteiger partial charge in [0.05, 0.1) is 10.7 Å². The van der Waals surface area contributed by atoms with Crippen LogP contribution in [-0.4, -0.2) is 6.54 Å². The van der Waals surface area contributed by atoms with Gasteiger partial charge in [0.25, 0.3) is 5.01 Å². The number of benzene rings is 2. The molecule has 2 aromatic carbocycles. The van der Waals surface area contributed by atoms with Crippen LogP contribution >= 0.6 is 23.1 Å².